The Morgan fingerprint density at radius 2 is 1.91 bits per heavy atom. The van der Waals surface area contributed by atoms with Crippen molar-refractivity contribution in [1.82, 2.24) is 4.57 Å². The van der Waals surface area contributed by atoms with Crippen LogP contribution in [0.5, 0.6) is 0 Å². The largest absolute Gasteiger partial charge is 0.491 e. The van der Waals surface area contributed by atoms with Crippen LogP contribution in [0.15, 0.2) is 66.9 Å². The summed E-state index contributed by atoms with van der Waals surface area (Å²) in [5.41, 5.74) is 3.80. The number of ketones is 1. The zero-order valence-electron chi connectivity index (χ0n) is 12.3. The maximum Gasteiger partial charge on any atom is 0.491 e. The van der Waals surface area contributed by atoms with Gasteiger partial charge in [-0.05, 0) is 35.3 Å². The topological polar surface area (TPSA) is 51.5 Å². The molecule has 2 aromatic carbocycles. The molecule has 1 aliphatic heterocycles. The van der Waals surface area contributed by atoms with Crippen LogP contribution in [0.1, 0.15) is 21.6 Å². The molecule has 0 aliphatic carbocycles. The van der Waals surface area contributed by atoms with Gasteiger partial charge >= 0.3 is 7.12 Å². The number of nitrogens with zero attached hydrogens (tertiary/aromatic N) is 1. The third-order valence-electron chi connectivity index (χ3n) is 4.09. The van der Waals surface area contributed by atoms with Crippen molar-refractivity contribution in [3.05, 3.63) is 83.7 Å². The summed E-state index contributed by atoms with van der Waals surface area (Å²) in [4.78, 5) is 12.7. The molecule has 23 heavy (non-hydrogen) atoms. The molecule has 112 valence electrons. The molecule has 0 radical (unpaired) electrons. The SMILES string of the molecule is O=C(c1ccccc1)c1cccn1-c1ccc2c(c1)B(O)OC2. The van der Waals surface area contributed by atoms with E-state index in [4.69, 9.17) is 4.65 Å². The van der Waals surface area contributed by atoms with Crippen LogP contribution in [-0.2, 0) is 11.3 Å². The minimum absolute atomic E-state index is 0.0344. The molecule has 1 aromatic heterocycles. The monoisotopic (exact) mass is 303 g/mol. The van der Waals surface area contributed by atoms with Crippen molar-refractivity contribution in [2.24, 2.45) is 0 Å². The van der Waals surface area contributed by atoms with Gasteiger partial charge in [0.25, 0.3) is 0 Å². The highest BCUT2D eigenvalue weighted by Crippen LogP contribution is 2.19. The number of fused-ring (bicyclic) bond motifs is 1. The second kappa shape index (κ2) is 5.54. The fraction of sp³-hybridized carbons (Fsp3) is 0.0556. The van der Waals surface area contributed by atoms with Gasteiger partial charge < -0.3 is 14.2 Å². The molecule has 3 aromatic rings. The zero-order valence-corrected chi connectivity index (χ0v) is 12.3. The molecule has 4 nitrogen and oxygen atoms in total. The molecule has 1 aliphatic rings. The first-order valence-corrected chi connectivity index (χ1v) is 7.44. The summed E-state index contributed by atoms with van der Waals surface area (Å²) in [7, 11) is -0.895. The fourth-order valence-electron chi connectivity index (χ4n) is 2.88. The predicted octanol–water partition coefficient (Wildman–Crippen LogP) is 1.93. The molecule has 5 heteroatoms. The second-order valence-corrected chi connectivity index (χ2v) is 5.51. The molecular formula is C18H14BNO3. The van der Waals surface area contributed by atoms with Crippen molar-refractivity contribution in [3.63, 3.8) is 0 Å². The average molecular weight is 303 g/mol. The summed E-state index contributed by atoms with van der Waals surface area (Å²) >= 11 is 0. The van der Waals surface area contributed by atoms with Gasteiger partial charge in [-0.15, -0.1) is 0 Å². The quantitative estimate of drug-likeness (QED) is 0.594. The highest BCUT2D eigenvalue weighted by Gasteiger charge is 2.27. The molecule has 0 fully saturated rings. The van der Waals surface area contributed by atoms with Gasteiger partial charge in [-0.1, -0.05) is 36.4 Å². The molecule has 0 amide bonds. The van der Waals surface area contributed by atoms with E-state index >= 15 is 0 Å². The smallest absolute Gasteiger partial charge is 0.423 e. The molecule has 4 rings (SSSR count). The first-order valence-electron chi connectivity index (χ1n) is 7.44. The van der Waals surface area contributed by atoms with Crippen molar-refractivity contribution in [2.75, 3.05) is 0 Å². The number of hydrogen-bond acceptors (Lipinski definition) is 3. The van der Waals surface area contributed by atoms with E-state index in [-0.39, 0.29) is 5.78 Å². The van der Waals surface area contributed by atoms with Gasteiger partial charge in [0.15, 0.2) is 0 Å². The van der Waals surface area contributed by atoms with Gasteiger partial charge in [0.2, 0.25) is 5.78 Å². The molecule has 0 bridgehead atoms. The van der Waals surface area contributed by atoms with Gasteiger partial charge in [-0.2, -0.15) is 0 Å². The second-order valence-electron chi connectivity index (χ2n) is 5.51. The van der Waals surface area contributed by atoms with E-state index in [9.17, 15) is 9.82 Å². The van der Waals surface area contributed by atoms with E-state index in [1.807, 2.05) is 53.2 Å². The van der Waals surface area contributed by atoms with Crippen LogP contribution in [0.2, 0.25) is 0 Å². The Hall–Kier alpha value is -2.63. The first-order chi connectivity index (χ1) is 11.2. The summed E-state index contributed by atoms with van der Waals surface area (Å²) in [5.74, 6) is -0.0344. The van der Waals surface area contributed by atoms with E-state index in [1.54, 1.807) is 18.2 Å². The Labute approximate surface area is 134 Å². The van der Waals surface area contributed by atoms with Gasteiger partial charge in [0.1, 0.15) is 0 Å². The lowest BCUT2D eigenvalue weighted by Crippen LogP contribution is -2.28. The van der Waals surface area contributed by atoms with Crippen molar-refractivity contribution in [3.8, 4) is 5.69 Å². The van der Waals surface area contributed by atoms with E-state index in [1.165, 1.54) is 0 Å². The Bertz CT molecular complexity index is 873. The Kier molecular flexibility index (Phi) is 3.37. The molecular weight excluding hydrogens is 289 g/mol. The molecule has 0 saturated heterocycles. The third kappa shape index (κ3) is 2.40. The number of aromatic nitrogens is 1. The minimum atomic E-state index is -0.895. The average Bonchev–Trinajstić information content (AvgIpc) is 3.22. The van der Waals surface area contributed by atoms with Crippen molar-refractivity contribution < 1.29 is 14.5 Å². The number of rotatable bonds is 3. The van der Waals surface area contributed by atoms with Crippen LogP contribution >= 0.6 is 0 Å². The molecule has 0 unspecified atom stereocenters. The van der Waals surface area contributed by atoms with Gasteiger partial charge in [0, 0.05) is 17.4 Å². The molecule has 1 N–H and O–H groups in total. The Morgan fingerprint density at radius 3 is 2.74 bits per heavy atom. The fourth-order valence-corrected chi connectivity index (χ4v) is 2.88. The van der Waals surface area contributed by atoms with Crippen LogP contribution in [0.3, 0.4) is 0 Å². The summed E-state index contributed by atoms with van der Waals surface area (Å²) in [6, 6.07) is 18.6. The predicted molar refractivity (Wildman–Crippen MR) is 88.0 cm³/mol. The summed E-state index contributed by atoms with van der Waals surface area (Å²) in [5, 5.41) is 9.86. The maximum absolute atomic E-state index is 12.7. The Morgan fingerprint density at radius 1 is 1.09 bits per heavy atom. The standard InChI is InChI=1S/C18H14BNO3/c21-18(13-5-2-1-3-6-13)17-7-4-10-20(17)15-9-8-14-12-23-19(22)16(14)11-15/h1-11,22H,12H2. The lowest BCUT2D eigenvalue weighted by atomic mass is 9.79. The normalized spacial score (nSPS) is 13.2. The highest BCUT2D eigenvalue weighted by atomic mass is 16.5. The van der Waals surface area contributed by atoms with Gasteiger partial charge in [0.05, 0.1) is 12.3 Å². The van der Waals surface area contributed by atoms with E-state index < -0.39 is 7.12 Å². The Balaban J connectivity index is 1.76. The lowest BCUT2D eigenvalue weighted by molar-refractivity contribution is 0.103. The number of carbonyl (C=O) groups is 1. The highest BCUT2D eigenvalue weighted by molar-refractivity contribution is 6.61. The molecule has 0 saturated carbocycles. The van der Waals surface area contributed by atoms with Gasteiger partial charge in [-0.25, -0.2) is 0 Å². The first kappa shape index (κ1) is 14.0. The number of hydrogen-bond donors (Lipinski definition) is 1. The van der Waals surface area contributed by atoms with Crippen LogP contribution in [0.4, 0.5) is 0 Å². The van der Waals surface area contributed by atoms with Crippen LogP contribution in [-0.4, -0.2) is 22.5 Å². The summed E-state index contributed by atoms with van der Waals surface area (Å²) in [6.45, 7) is 0.415. The van der Waals surface area contributed by atoms with Crippen molar-refractivity contribution in [2.45, 2.75) is 6.61 Å². The van der Waals surface area contributed by atoms with Crippen LogP contribution < -0.4 is 5.46 Å². The molecule has 0 atom stereocenters. The zero-order chi connectivity index (χ0) is 15.8. The maximum atomic E-state index is 12.7. The minimum Gasteiger partial charge on any atom is -0.423 e. The lowest BCUT2D eigenvalue weighted by Gasteiger charge is -2.10. The van der Waals surface area contributed by atoms with E-state index in [0.29, 0.717) is 17.9 Å². The number of carbonyl (C=O) groups excluding carboxylic acids is 1. The van der Waals surface area contributed by atoms with E-state index in [0.717, 1.165) is 16.7 Å². The van der Waals surface area contributed by atoms with Crippen molar-refractivity contribution >= 4 is 18.4 Å². The number of benzene rings is 2. The summed E-state index contributed by atoms with van der Waals surface area (Å²) < 4.78 is 7.06. The summed E-state index contributed by atoms with van der Waals surface area (Å²) in [6.07, 6.45) is 1.85. The van der Waals surface area contributed by atoms with E-state index in [2.05, 4.69) is 0 Å². The van der Waals surface area contributed by atoms with Crippen LogP contribution in [0.25, 0.3) is 5.69 Å². The molecule has 0 spiro atoms. The third-order valence-corrected chi connectivity index (χ3v) is 4.09. The molecule has 2 heterocycles. The van der Waals surface area contributed by atoms with Gasteiger partial charge in [-0.3, -0.25) is 4.79 Å². The van der Waals surface area contributed by atoms with Crippen LogP contribution in [0, 0.1) is 0 Å². The van der Waals surface area contributed by atoms with Crippen molar-refractivity contribution in [1.29, 1.82) is 0 Å².